The molecule has 0 radical (unpaired) electrons. The second-order valence-corrected chi connectivity index (χ2v) is 4.52. The predicted octanol–water partition coefficient (Wildman–Crippen LogP) is 0.444. The molecule has 1 fully saturated rings. The quantitative estimate of drug-likeness (QED) is 0.773. The Morgan fingerprint density at radius 3 is 3.00 bits per heavy atom. The van der Waals surface area contributed by atoms with E-state index in [-0.39, 0.29) is 30.0 Å². The molecule has 2 aromatic heterocycles. The van der Waals surface area contributed by atoms with Crippen LogP contribution in [0, 0.1) is 5.92 Å². The lowest BCUT2D eigenvalue weighted by atomic mass is 10.1. The van der Waals surface area contributed by atoms with Crippen LogP contribution in [-0.4, -0.2) is 43.5 Å². The first-order valence-corrected chi connectivity index (χ1v) is 5.84. The molecule has 2 aromatic rings. The van der Waals surface area contributed by atoms with Crippen LogP contribution in [0.15, 0.2) is 6.33 Å². The number of amides is 1. The van der Waals surface area contributed by atoms with Gasteiger partial charge in [0.25, 0.3) is 0 Å². The number of carboxylic acid groups (broad SMARTS) is 1. The molecule has 19 heavy (non-hydrogen) atoms. The summed E-state index contributed by atoms with van der Waals surface area (Å²) in [4.78, 5) is 38.7. The molecular weight excluding hydrogens is 274 g/mol. The smallest absolute Gasteiger partial charge is 0.308 e. The molecule has 0 aromatic carbocycles. The van der Waals surface area contributed by atoms with E-state index in [1.54, 1.807) is 0 Å². The fourth-order valence-electron chi connectivity index (χ4n) is 1.97. The van der Waals surface area contributed by atoms with Crippen LogP contribution in [-0.2, 0) is 9.59 Å². The number of anilines is 1. The van der Waals surface area contributed by atoms with Crippen molar-refractivity contribution in [2.75, 3.05) is 11.4 Å². The fourth-order valence-corrected chi connectivity index (χ4v) is 2.19. The van der Waals surface area contributed by atoms with Gasteiger partial charge in [0.2, 0.25) is 11.9 Å². The first kappa shape index (κ1) is 11.8. The van der Waals surface area contributed by atoms with Crippen LogP contribution < -0.4 is 4.90 Å². The summed E-state index contributed by atoms with van der Waals surface area (Å²) >= 11 is 5.95. The van der Waals surface area contributed by atoms with Crippen molar-refractivity contribution in [1.82, 2.24) is 19.9 Å². The van der Waals surface area contributed by atoms with Crippen LogP contribution in [0.25, 0.3) is 11.2 Å². The molecule has 1 aliphatic rings. The first-order chi connectivity index (χ1) is 9.06. The van der Waals surface area contributed by atoms with E-state index < -0.39 is 11.9 Å². The third-order valence-electron chi connectivity index (χ3n) is 2.95. The van der Waals surface area contributed by atoms with Crippen molar-refractivity contribution in [3.05, 3.63) is 11.5 Å². The van der Waals surface area contributed by atoms with Gasteiger partial charge in [-0.3, -0.25) is 14.5 Å². The molecule has 1 amide bonds. The van der Waals surface area contributed by atoms with Gasteiger partial charge < -0.3 is 10.1 Å². The van der Waals surface area contributed by atoms with E-state index in [1.165, 1.54) is 11.2 Å². The number of rotatable bonds is 2. The molecule has 2 N–H and O–H groups in total. The summed E-state index contributed by atoms with van der Waals surface area (Å²) in [6.45, 7) is 0.0421. The Morgan fingerprint density at radius 2 is 2.32 bits per heavy atom. The third-order valence-corrected chi connectivity index (χ3v) is 3.22. The molecule has 0 aliphatic carbocycles. The number of carboxylic acids is 1. The number of nitrogens with one attached hydrogen (secondary N) is 1. The summed E-state index contributed by atoms with van der Waals surface area (Å²) in [6.07, 6.45) is 1.36. The highest BCUT2D eigenvalue weighted by molar-refractivity contribution is 6.33. The minimum absolute atomic E-state index is 0.0421. The van der Waals surface area contributed by atoms with Gasteiger partial charge in [0.1, 0.15) is 5.52 Å². The maximum absolute atomic E-state index is 11.8. The second-order valence-electron chi connectivity index (χ2n) is 4.16. The molecule has 1 atom stereocenters. The van der Waals surface area contributed by atoms with E-state index in [4.69, 9.17) is 16.7 Å². The normalized spacial score (nSPS) is 19.3. The van der Waals surface area contributed by atoms with Crippen LogP contribution in [0.3, 0.4) is 0 Å². The summed E-state index contributed by atoms with van der Waals surface area (Å²) in [5.74, 6) is -2.01. The van der Waals surface area contributed by atoms with Gasteiger partial charge in [-0.1, -0.05) is 11.6 Å². The van der Waals surface area contributed by atoms with Gasteiger partial charge in [-0.15, -0.1) is 0 Å². The molecule has 0 bridgehead atoms. The van der Waals surface area contributed by atoms with Crippen molar-refractivity contribution in [3.8, 4) is 0 Å². The standard InChI is InChI=1S/C10H8ClN5O3/c11-7-6-8(13-3-12-6)15-10(14-7)16-2-4(9(18)19)1-5(16)17/h3-4H,1-2H2,(H,18,19)(H,12,13,14,15). The molecule has 1 aliphatic heterocycles. The number of H-pyrrole nitrogens is 1. The van der Waals surface area contributed by atoms with E-state index in [2.05, 4.69) is 19.9 Å². The Labute approximate surface area is 111 Å². The number of carbonyl (C=O) groups excluding carboxylic acids is 1. The first-order valence-electron chi connectivity index (χ1n) is 5.46. The summed E-state index contributed by atoms with van der Waals surface area (Å²) < 4.78 is 0. The predicted molar refractivity (Wildman–Crippen MR) is 64.8 cm³/mol. The number of aromatic amines is 1. The van der Waals surface area contributed by atoms with Gasteiger partial charge in [-0.25, -0.2) is 4.98 Å². The number of hydrogen-bond acceptors (Lipinski definition) is 5. The second kappa shape index (κ2) is 4.16. The molecule has 3 rings (SSSR count). The van der Waals surface area contributed by atoms with Gasteiger partial charge in [-0.05, 0) is 0 Å². The zero-order valence-corrected chi connectivity index (χ0v) is 10.3. The number of hydrogen-bond donors (Lipinski definition) is 2. The Morgan fingerprint density at radius 1 is 1.53 bits per heavy atom. The molecule has 0 spiro atoms. The van der Waals surface area contributed by atoms with Crippen molar-refractivity contribution in [2.24, 2.45) is 5.92 Å². The lowest BCUT2D eigenvalue weighted by Crippen LogP contribution is -2.27. The van der Waals surface area contributed by atoms with Crippen LogP contribution in [0.5, 0.6) is 0 Å². The van der Waals surface area contributed by atoms with Gasteiger partial charge in [0, 0.05) is 13.0 Å². The highest BCUT2D eigenvalue weighted by atomic mass is 35.5. The molecule has 1 unspecified atom stereocenters. The highest BCUT2D eigenvalue weighted by Crippen LogP contribution is 2.26. The van der Waals surface area contributed by atoms with E-state index in [1.807, 2.05) is 0 Å². The average molecular weight is 282 g/mol. The third kappa shape index (κ3) is 1.89. The van der Waals surface area contributed by atoms with E-state index in [0.717, 1.165) is 0 Å². The molecule has 98 valence electrons. The molecule has 3 heterocycles. The Kier molecular flexibility index (Phi) is 2.59. The summed E-state index contributed by atoms with van der Waals surface area (Å²) in [5, 5.41) is 9.07. The molecule has 9 heteroatoms. The number of imidazole rings is 1. The lowest BCUT2D eigenvalue weighted by Gasteiger charge is -2.13. The van der Waals surface area contributed by atoms with Crippen LogP contribution >= 0.6 is 11.6 Å². The molecule has 0 saturated carbocycles. The van der Waals surface area contributed by atoms with E-state index in [0.29, 0.717) is 11.2 Å². The SMILES string of the molecule is O=C(O)C1CC(=O)N(c2nc(Cl)c3[nH]cnc3n2)C1. The number of halogens is 1. The van der Waals surface area contributed by atoms with Gasteiger partial charge in [-0.2, -0.15) is 9.97 Å². The molecule has 8 nitrogen and oxygen atoms in total. The van der Waals surface area contributed by atoms with Gasteiger partial charge >= 0.3 is 5.97 Å². The zero-order valence-electron chi connectivity index (χ0n) is 9.50. The lowest BCUT2D eigenvalue weighted by molar-refractivity contribution is -0.141. The van der Waals surface area contributed by atoms with Crippen LogP contribution in [0.4, 0.5) is 5.95 Å². The average Bonchev–Trinajstić information content (AvgIpc) is 2.95. The maximum atomic E-state index is 11.8. The molecule has 1 saturated heterocycles. The van der Waals surface area contributed by atoms with Crippen LogP contribution in [0.2, 0.25) is 5.15 Å². The number of aliphatic carboxylic acids is 1. The number of fused-ring (bicyclic) bond motifs is 1. The Balaban J connectivity index is 2.00. The van der Waals surface area contributed by atoms with E-state index in [9.17, 15) is 9.59 Å². The van der Waals surface area contributed by atoms with Crippen molar-refractivity contribution < 1.29 is 14.7 Å². The van der Waals surface area contributed by atoms with E-state index >= 15 is 0 Å². The van der Waals surface area contributed by atoms with Crippen molar-refractivity contribution in [2.45, 2.75) is 6.42 Å². The number of aromatic nitrogens is 4. The Hall–Kier alpha value is -2.22. The highest BCUT2D eigenvalue weighted by Gasteiger charge is 2.36. The Bertz CT molecular complexity index is 685. The van der Waals surface area contributed by atoms with Crippen molar-refractivity contribution >= 4 is 40.6 Å². The summed E-state index contributed by atoms with van der Waals surface area (Å²) in [6, 6.07) is 0. The molecular formula is C10H8ClN5O3. The monoisotopic (exact) mass is 281 g/mol. The van der Waals surface area contributed by atoms with Crippen molar-refractivity contribution in [1.29, 1.82) is 0 Å². The minimum Gasteiger partial charge on any atom is -0.481 e. The van der Waals surface area contributed by atoms with Crippen molar-refractivity contribution in [3.63, 3.8) is 0 Å². The van der Waals surface area contributed by atoms with Crippen LogP contribution in [0.1, 0.15) is 6.42 Å². The zero-order chi connectivity index (χ0) is 13.6. The summed E-state index contributed by atoms with van der Waals surface area (Å²) in [5.41, 5.74) is 0.813. The minimum atomic E-state index is -1.01. The summed E-state index contributed by atoms with van der Waals surface area (Å²) in [7, 11) is 0. The van der Waals surface area contributed by atoms with Gasteiger partial charge in [0.15, 0.2) is 10.8 Å². The number of carbonyl (C=O) groups is 2. The number of nitrogens with zero attached hydrogens (tertiary/aromatic N) is 4. The topological polar surface area (TPSA) is 112 Å². The largest absolute Gasteiger partial charge is 0.481 e. The van der Waals surface area contributed by atoms with Gasteiger partial charge in [0.05, 0.1) is 12.2 Å². The fraction of sp³-hybridized carbons (Fsp3) is 0.300. The maximum Gasteiger partial charge on any atom is 0.308 e.